The summed E-state index contributed by atoms with van der Waals surface area (Å²) in [6.45, 7) is 6.26. The van der Waals surface area contributed by atoms with Gasteiger partial charge in [0, 0.05) is 6.61 Å². The molecule has 0 radical (unpaired) electrons. The van der Waals surface area contributed by atoms with Gasteiger partial charge in [-0.1, -0.05) is 30.7 Å². The van der Waals surface area contributed by atoms with E-state index >= 15 is 0 Å². The monoisotopic (exact) mass is 140 g/mol. The van der Waals surface area contributed by atoms with Gasteiger partial charge < -0.3 is 5.11 Å². The average molecular weight is 140 g/mol. The number of hydrogen-bond donors (Lipinski definition) is 1. The molecule has 1 nitrogen and oxygen atoms in total. The molecule has 0 aliphatic rings. The van der Waals surface area contributed by atoms with Crippen LogP contribution in [0.25, 0.3) is 0 Å². The molecule has 0 aliphatic carbocycles. The zero-order valence-electron chi connectivity index (χ0n) is 6.96. The van der Waals surface area contributed by atoms with Crippen molar-refractivity contribution in [2.24, 2.45) is 5.92 Å². The van der Waals surface area contributed by atoms with E-state index < -0.39 is 0 Å². The molecule has 1 unspecified atom stereocenters. The highest BCUT2D eigenvalue weighted by molar-refractivity contribution is 5.15. The second-order valence-corrected chi connectivity index (χ2v) is 2.55. The van der Waals surface area contributed by atoms with Crippen LogP contribution in [0.2, 0.25) is 0 Å². The Bertz CT molecular complexity index is 134. The van der Waals surface area contributed by atoms with E-state index in [1.165, 1.54) is 5.57 Å². The van der Waals surface area contributed by atoms with Gasteiger partial charge in [-0.2, -0.15) is 0 Å². The Balaban J connectivity index is 3.75. The molecule has 1 atom stereocenters. The van der Waals surface area contributed by atoms with E-state index in [4.69, 9.17) is 5.11 Å². The lowest BCUT2D eigenvalue weighted by Crippen LogP contribution is -1.94. The fourth-order valence-electron chi connectivity index (χ4n) is 0.473. The Morgan fingerprint density at radius 3 is 2.60 bits per heavy atom. The van der Waals surface area contributed by atoms with E-state index in [2.05, 4.69) is 0 Å². The molecular weight excluding hydrogens is 124 g/mol. The van der Waals surface area contributed by atoms with Crippen molar-refractivity contribution < 1.29 is 5.11 Å². The van der Waals surface area contributed by atoms with Gasteiger partial charge in [0.1, 0.15) is 0 Å². The molecule has 0 saturated heterocycles. The standard InChI is InChI=1S/C9H16O/c1-4-8(2)5-6-9(3)7-10/h4-6,9-10H,7H2,1-3H3. The van der Waals surface area contributed by atoms with Crippen molar-refractivity contribution in [3.63, 3.8) is 0 Å². The topological polar surface area (TPSA) is 20.2 Å². The molecule has 0 amide bonds. The summed E-state index contributed by atoms with van der Waals surface area (Å²) >= 11 is 0. The Morgan fingerprint density at radius 2 is 2.20 bits per heavy atom. The van der Waals surface area contributed by atoms with Gasteiger partial charge in [-0.3, -0.25) is 0 Å². The lowest BCUT2D eigenvalue weighted by atomic mass is 10.1. The number of allylic oxidation sites excluding steroid dienone is 3. The smallest absolute Gasteiger partial charge is 0.0491 e. The summed E-state index contributed by atoms with van der Waals surface area (Å²) in [5.41, 5.74) is 1.24. The van der Waals surface area contributed by atoms with Crippen LogP contribution in [0, 0.1) is 5.92 Å². The molecule has 0 saturated carbocycles. The van der Waals surface area contributed by atoms with Crippen LogP contribution in [0.3, 0.4) is 0 Å². The fourth-order valence-corrected chi connectivity index (χ4v) is 0.473. The first-order valence-electron chi connectivity index (χ1n) is 3.62. The van der Waals surface area contributed by atoms with E-state index in [1.54, 1.807) is 0 Å². The number of hydrogen-bond acceptors (Lipinski definition) is 1. The summed E-state index contributed by atoms with van der Waals surface area (Å²) in [5.74, 6) is 0.273. The van der Waals surface area contributed by atoms with Gasteiger partial charge >= 0.3 is 0 Å². The summed E-state index contributed by atoms with van der Waals surface area (Å²) in [7, 11) is 0. The molecule has 0 rings (SSSR count). The molecule has 0 bridgehead atoms. The van der Waals surface area contributed by atoms with Gasteiger partial charge in [-0.15, -0.1) is 0 Å². The zero-order chi connectivity index (χ0) is 7.98. The van der Waals surface area contributed by atoms with E-state index in [0.717, 1.165) is 0 Å². The minimum Gasteiger partial charge on any atom is -0.396 e. The zero-order valence-corrected chi connectivity index (χ0v) is 6.96. The first kappa shape index (κ1) is 9.44. The largest absolute Gasteiger partial charge is 0.396 e. The van der Waals surface area contributed by atoms with Crippen molar-refractivity contribution in [2.45, 2.75) is 20.8 Å². The third-order valence-electron chi connectivity index (χ3n) is 1.43. The number of aliphatic hydroxyl groups excluding tert-OH is 1. The first-order chi connectivity index (χ1) is 4.70. The molecule has 1 N–H and O–H groups in total. The van der Waals surface area contributed by atoms with Gasteiger partial charge in [-0.25, -0.2) is 0 Å². The Morgan fingerprint density at radius 1 is 1.60 bits per heavy atom. The van der Waals surface area contributed by atoms with Crippen molar-refractivity contribution in [3.05, 3.63) is 23.8 Å². The summed E-state index contributed by atoms with van der Waals surface area (Å²) < 4.78 is 0. The minimum absolute atomic E-state index is 0.230. The van der Waals surface area contributed by atoms with Crippen LogP contribution < -0.4 is 0 Å². The van der Waals surface area contributed by atoms with Crippen LogP contribution in [-0.2, 0) is 0 Å². The Labute approximate surface area is 63.1 Å². The second kappa shape index (κ2) is 5.24. The lowest BCUT2D eigenvalue weighted by Gasteiger charge is -1.97. The highest BCUT2D eigenvalue weighted by atomic mass is 16.3. The molecule has 0 fully saturated rings. The van der Waals surface area contributed by atoms with Crippen LogP contribution >= 0.6 is 0 Å². The summed E-state index contributed by atoms with van der Waals surface area (Å²) in [6.07, 6.45) is 6.08. The fraction of sp³-hybridized carbons (Fsp3) is 0.556. The number of rotatable bonds is 3. The molecule has 0 heterocycles. The second-order valence-electron chi connectivity index (χ2n) is 2.55. The average Bonchev–Trinajstić information content (AvgIpc) is 1.99. The Kier molecular flexibility index (Phi) is 4.95. The van der Waals surface area contributed by atoms with Gasteiger partial charge in [0.25, 0.3) is 0 Å². The van der Waals surface area contributed by atoms with Crippen LogP contribution in [0.5, 0.6) is 0 Å². The quantitative estimate of drug-likeness (QED) is 0.595. The third-order valence-corrected chi connectivity index (χ3v) is 1.43. The van der Waals surface area contributed by atoms with E-state index in [-0.39, 0.29) is 12.5 Å². The van der Waals surface area contributed by atoms with E-state index in [1.807, 2.05) is 39.0 Å². The van der Waals surface area contributed by atoms with Gasteiger partial charge in [0.2, 0.25) is 0 Å². The van der Waals surface area contributed by atoms with Crippen LogP contribution in [0.1, 0.15) is 20.8 Å². The summed E-state index contributed by atoms with van der Waals surface area (Å²) in [6, 6.07) is 0. The van der Waals surface area contributed by atoms with Crippen LogP contribution in [-0.4, -0.2) is 11.7 Å². The molecule has 1 heteroatoms. The van der Waals surface area contributed by atoms with Crippen molar-refractivity contribution in [1.82, 2.24) is 0 Å². The van der Waals surface area contributed by atoms with E-state index in [0.29, 0.717) is 0 Å². The molecule has 0 aromatic carbocycles. The predicted octanol–water partition coefficient (Wildman–Crippen LogP) is 2.14. The highest BCUT2D eigenvalue weighted by Crippen LogP contribution is 1.99. The molecule has 0 aromatic rings. The van der Waals surface area contributed by atoms with Gasteiger partial charge in [0.15, 0.2) is 0 Å². The predicted molar refractivity (Wildman–Crippen MR) is 44.8 cm³/mol. The maximum atomic E-state index is 8.65. The van der Waals surface area contributed by atoms with Gasteiger partial charge in [0.05, 0.1) is 0 Å². The summed E-state index contributed by atoms with van der Waals surface area (Å²) in [5, 5.41) is 8.65. The Hall–Kier alpha value is -0.560. The summed E-state index contributed by atoms with van der Waals surface area (Å²) in [4.78, 5) is 0. The van der Waals surface area contributed by atoms with Crippen LogP contribution in [0.15, 0.2) is 23.8 Å². The van der Waals surface area contributed by atoms with Crippen LogP contribution in [0.4, 0.5) is 0 Å². The highest BCUT2D eigenvalue weighted by Gasteiger charge is 1.90. The molecule has 58 valence electrons. The SMILES string of the molecule is CC=C(C)C=CC(C)CO. The van der Waals surface area contributed by atoms with Gasteiger partial charge in [-0.05, 0) is 19.8 Å². The lowest BCUT2D eigenvalue weighted by molar-refractivity contribution is 0.262. The van der Waals surface area contributed by atoms with Crippen molar-refractivity contribution >= 4 is 0 Å². The number of aliphatic hydroxyl groups is 1. The maximum absolute atomic E-state index is 8.65. The van der Waals surface area contributed by atoms with Crippen molar-refractivity contribution in [1.29, 1.82) is 0 Å². The molecular formula is C9H16O. The molecule has 0 spiro atoms. The first-order valence-corrected chi connectivity index (χ1v) is 3.62. The molecule has 0 aliphatic heterocycles. The van der Waals surface area contributed by atoms with Crippen molar-refractivity contribution in [3.8, 4) is 0 Å². The maximum Gasteiger partial charge on any atom is 0.0491 e. The van der Waals surface area contributed by atoms with Crippen molar-refractivity contribution in [2.75, 3.05) is 6.61 Å². The molecule has 10 heavy (non-hydrogen) atoms. The normalized spacial score (nSPS) is 16.2. The molecule has 0 aromatic heterocycles. The third kappa shape index (κ3) is 4.33. The minimum atomic E-state index is 0.230. The van der Waals surface area contributed by atoms with E-state index in [9.17, 15) is 0 Å².